The van der Waals surface area contributed by atoms with Crippen LogP contribution >= 0.6 is 0 Å². The van der Waals surface area contributed by atoms with E-state index in [4.69, 9.17) is 9.26 Å². The predicted molar refractivity (Wildman–Crippen MR) is 77.1 cm³/mol. The zero-order valence-electron chi connectivity index (χ0n) is 12.3. The van der Waals surface area contributed by atoms with Crippen LogP contribution in [0.15, 0.2) is 28.8 Å². The standard InChI is InChI=1S/C15H19N3O3/c1-3-4-5-13-17-14(21-18-13)10-20-12-8-6-11(7-9-12)15(19)16-2/h6-9H,3-5,10H2,1-2H3,(H,16,19). The molecule has 6 nitrogen and oxygen atoms in total. The number of aryl methyl sites for hydroxylation is 1. The Balaban J connectivity index is 1.87. The molecule has 2 rings (SSSR count). The molecule has 0 saturated heterocycles. The monoisotopic (exact) mass is 289 g/mol. The highest BCUT2D eigenvalue weighted by Gasteiger charge is 2.07. The van der Waals surface area contributed by atoms with E-state index in [1.807, 2.05) is 0 Å². The van der Waals surface area contributed by atoms with Gasteiger partial charge in [0.25, 0.3) is 11.8 Å². The topological polar surface area (TPSA) is 77.2 Å². The summed E-state index contributed by atoms with van der Waals surface area (Å²) in [4.78, 5) is 15.7. The largest absolute Gasteiger partial charge is 0.484 e. The average molecular weight is 289 g/mol. The van der Waals surface area contributed by atoms with E-state index in [0.717, 1.165) is 19.3 Å². The summed E-state index contributed by atoms with van der Waals surface area (Å²) in [5.74, 6) is 1.69. The van der Waals surface area contributed by atoms with Crippen LogP contribution in [0.1, 0.15) is 41.8 Å². The van der Waals surface area contributed by atoms with Gasteiger partial charge in [-0.3, -0.25) is 4.79 Å². The molecule has 0 aliphatic heterocycles. The van der Waals surface area contributed by atoms with Crippen LogP contribution < -0.4 is 10.1 Å². The first-order valence-electron chi connectivity index (χ1n) is 6.99. The number of ether oxygens (including phenoxy) is 1. The van der Waals surface area contributed by atoms with Crippen LogP contribution in [-0.2, 0) is 13.0 Å². The fourth-order valence-electron chi connectivity index (χ4n) is 1.78. The summed E-state index contributed by atoms with van der Waals surface area (Å²) in [6.45, 7) is 2.34. The van der Waals surface area contributed by atoms with Gasteiger partial charge in [-0.25, -0.2) is 0 Å². The molecule has 1 heterocycles. The van der Waals surface area contributed by atoms with Crippen LogP contribution in [0.25, 0.3) is 0 Å². The summed E-state index contributed by atoms with van der Waals surface area (Å²) in [5.41, 5.74) is 0.587. The van der Waals surface area contributed by atoms with E-state index in [1.165, 1.54) is 0 Å². The Kier molecular flexibility index (Phi) is 5.31. The number of hydrogen-bond acceptors (Lipinski definition) is 5. The molecule has 0 unspecified atom stereocenters. The van der Waals surface area contributed by atoms with Crippen LogP contribution in [0, 0.1) is 0 Å². The van der Waals surface area contributed by atoms with Crippen molar-refractivity contribution in [3.05, 3.63) is 41.5 Å². The molecule has 2 aromatic rings. The van der Waals surface area contributed by atoms with Crippen LogP contribution in [0.2, 0.25) is 0 Å². The summed E-state index contributed by atoms with van der Waals surface area (Å²) >= 11 is 0. The molecular formula is C15H19N3O3. The Labute approximate surface area is 123 Å². The molecule has 0 aliphatic rings. The third kappa shape index (κ3) is 4.30. The second-order valence-corrected chi connectivity index (χ2v) is 4.60. The number of unbranched alkanes of at least 4 members (excludes halogenated alkanes) is 1. The molecule has 0 spiro atoms. The van der Waals surface area contributed by atoms with E-state index in [1.54, 1.807) is 31.3 Å². The van der Waals surface area contributed by atoms with Crippen molar-refractivity contribution in [2.24, 2.45) is 0 Å². The van der Waals surface area contributed by atoms with Crippen molar-refractivity contribution >= 4 is 5.91 Å². The number of hydrogen-bond donors (Lipinski definition) is 1. The van der Waals surface area contributed by atoms with Gasteiger partial charge in [0.1, 0.15) is 5.75 Å². The summed E-state index contributed by atoms with van der Waals surface area (Å²) in [6.07, 6.45) is 2.96. The van der Waals surface area contributed by atoms with Crippen LogP contribution in [0.5, 0.6) is 5.75 Å². The van der Waals surface area contributed by atoms with Crippen LogP contribution in [-0.4, -0.2) is 23.1 Å². The lowest BCUT2D eigenvalue weighted by atomic mass is 10.2. The molecule has 0 radical (unpaired) electrons. The maximum Gasteiger partial charge on any atom is 0.264 e. The number of benzene rings is 1. The van der Waals surface area contributed by atoms with Gasteiger partial charge in [0, 0.05) is 19.0 Å². The lowest BCUT2D eigenvalue weighted by Gasteiger charge is -2.04. The first-order valence-corrected chi connectivity index (χ1v) is 6.99. The van der Waals surface area contributed by atoms with Crippen molar-refractivity contribution < 1.29 is 14.1 Å². The van der Waals surface area contributed by atoms with E-state index in [0.29, 0.717) is 23.0 Å². The molecular weight excluding hydrogens is 270 g/mol. The molecule has 0 fully saturated rings. The second kappa shape index (κ2) is 7.42. The van der Waals surface area contributed by atoms with Crippen molar-refractivity contribution in [3.63, 3.8) is 0 Å². The highest BCUT2D eigenvalue weighted by molar-refractivity contribution is 5.94. The minimum atomic E-state index is -0.126. The van der Waals surface area contributed by atoms with Crippen molar-refractivity contribution in [1.29, 1.82) is 0 Å². The van der Waals surface area contributed by atoms with E-state index < -0.39 is 0 Å². The van der Waals surface area contributed by atoms with E-state index in [9.17, 15) is 4.79 Å². The summed E-state index contributed by atoms with van der Waals surface area (Å²) in [7, 11) is 1.60. The quantitative estimate of drug-likeness (QED) is 0.846. The van der Waals surface area contributed by atoms with Crippen LogP contribution in [0.3, 0.4) is 0 Å². The summed E-state index contributed by atoms with van der Waals surface area (Å²) in [5, 5.41) is 6.46. The molecule has 6 heteroatoms. The van der Waals surface area contributed by atoms with E-state index in [-0.39, 0.29) is 12.5 Å². The lowest BCUT2D eigenvalue weighted by Crippen LogP contribution is -2.17. The summed E-state index contributed by atoms with van der Waals surface area (Å²) in [6, 6.07) is 6.88. The Hall–Kier alpha value is -2.37. The number of carbonyl (C=O) groups excluding carboxylic acids is 1. The first-order chi connectivity index (χ1) is 10.2. The minimum Gasteiger partial charge on any atom is -0.484 e. The number of amides is 1. The zero-order valence-corrected chi connectivity index (χ0v) is 12.3. The molecule has 0 aliphatic carbocycles. The number of rotatable bonds is 7. The molecule has 1 amide bonds. The van der Waals surface area contributed by atoms with Gasteiger partial charge < -0.3 is 14.6 Å². The lowest BCUT2D eigenvalue weighted by molar-refractivity contribution is 0.0963. The van der Waals surface area contributed by atoms with Crippen molar-refractivity contribution in [2.75, 3.05) is 7.05 Å². The van der Waals surface area contributed by atoms with Crippen molar-refractivity contribution in [1.82, 2.24) is 15.5 Å². The molecule has 0 bridgehead atoms. The van der Waals surface area contributed by atoms with Gasteiger partial charge in [0.2, 0.25) is 0 Å². The van der Waals surface area contributed by atoms with E-state index in [2.05, 4.69) is 22.4 Å². The Bertz CT molecular complexity index is 578. The maximum absolute atomic E-state index is 11.4. The predicted octanol–water partition coefficient (Wildman–Crippen LogP) is 2.35. The molecule has 0 atom stereocenters. The Morgan fingerprint density at radius 2 is 2.10 bits per heavy atom. The van der Waals surface area contributed by atoms with Crippen molar-refractivity contribution in [2.45, 2.75) is 32.8 Å². The van der Waals surface area contributed by atoms with Crippen molar-refractivity contribution in [3.8, 4) is 5.75 Å². The number of nitrogens with zero attached hydrogens (tertiary/aromatic N) is 2. The third-order valence-electron chi connectivity index (χ3n) is 2.97. The van der Waals surface area contributed by atoms with Crippen LogP contribution in [0.4, 0.5) is 0 Å². The first kappa shape index (κ1) is 15.0. The van der Waals surface area contributed by atoms with E-state index >= 15 is 0 Å². The maximum atomic E-state index is 11.4. The van der Waals surface area contributed by atoms with Gasteiger partial charge in [-0.15, -0.1) is 0 Å². The Morgan fingerprint density at radius 3 is 2.76 bits per heavy atom. The smallest absolute Gasteiger partial charge is 0.264 e. The SMILES string of the molecule is CCCCc1noc(COc2ccc(C(=O)NC)cc2)n1. The average Bonchev–Trinajstić information content (AvgIpc) is 2.98. The normalized spacial score (nSPS) is 10.4. The minimum absolute atomic E-state index is 0.126. The fraction of sp³-hybridized carbons (Fsp3) is 0.400. The summed E-state index contributed by atoms with van der Waals surface area (Å²) < 4.78 is 10.7. The molecule has 0 saturated carbocycles. The fourth-order valence-corrected chi connectivity index (χ4v) is 1.78. The van der Waals surface area contributed by atoms with Gasteiger partial charge in [-0.05, 0) is 30.7 Å². The number of nitrogens with one attached hydrogen (secondary N) is 1. The second-order valence-electron chi connectivity index (χ2n) is 4.60. The van der Waals surface area contributed by atoms with Gasteiger partial charge in [-0.1, -0.05) is 18.5 Å². The molecule has 1 aromatic carbocycles. The zero-order chi connectivity index (χ0) is 15.1. The van der Waals surface area contributed by atoms with Gasteiger partial charge >= 0.3 is 0 Å². The van der Waals surface area contributed by atoms with Gasteiger partial charge in [0.15, 0.2) is 12.4 Å². The number of aromatic nitrogens is 2. The molecule has 1 aromatic heterocycles. The van der Waals surface area contributed by atoms with Gasteiger partial charge in [0.05, 0.1) is 0 Å². The third-order valence-corrected chi connectivity index (χ3v) is 2.97. The highest BCUT2D eigenvalue weighted by Crippen LogP contribution is 2.14. The number of carbonyl (C=O) groups is 1. The molecule has 21 heavy (non-hydrogen) atoms. The highest BCUT2D eigenvalue weighted by atomic mass is 16.5. The Morgan fingerprint density at radius 1 is 1.33 bits per heavy atom. The molecule has 1 N–H and O–H groups in total. The molecule has 112 valence electrons. The van der Waals surface area contributed by atoms with Gasteiger partial charge in [-0.2, -0.15) is 4.98 Å².